The molecule has 0 aliphatic heterocycles. The van der Waals surface area contributed by atoms with Gasteiger partial charge in [0.1, 0.15) is 6.10 Å². The highest BCUT2D eigenvalue weighted by Gasteiger charge is 2.48. The third-order valence-electron chi connectivity index (χ3n) is 1.66. The Hall–Kier alpha value is -0.320. The molecule has 0 aliphatic rings. The summed E-state index contributed by atoms with van der Waals surface area (Å²) in [6, 6.07) is 0. The average Bonchev–Trinajstić information content (AvgIpc) is 2.00. The lowest BCUT2D eigenvalue weighted by Gasteiger charge is -2.32. The molecule has 0 heterocycles. The molecule has 8 N–H and O–H groups in total. The fourth-order valence-corrected chi connectivity index (χ4v) is 0.686. The summed E-state index contributed by atoms with van der Waals surface area (Å²) < 4.78 is 0. The lowest BCUT2D eigenvalue weighted by Crippen LogP contribution is -2.57. The minimum absolute atomic E-state index is 0.855. The fourth-order valence-electron chi connectivity index (χ4n) is 0.686. The van der Waals surface area contributed by atoms with E-state index in [4.69, 9.17) is 40.9 Å². The molecule has 0 radical (unpaired) electrons. The maximum Gasteiger partial charge on any atom is 0.332 e. The van der Waals surface area contributed by atoms with Gasteiger partial charge >= 0.3 is 5.97 Å². The smallest absolute Gasteiger partial charge is 0.332 e. The standard InChI is InChI=1S/C6H14O8/c7-2-4(9)3(8)1-5(10,11)6(12,13)14/h3-4,7-14H,1-2H2. The fraction of sp³-hybridized carbons (Fsp3) is 1.00. The van der Waals surface area contributed by atoms with Gasteiger partial charge in [0, 0.05) is 6.42 Å². The van der Waals surface area contributed by atoms with Crippen LogP contribution in [0.1, 0.15) is 6.42 Å². The molecule has 0 amide bonds. The van der Waals surface area contributed by atoms with Gasteiger partial charge in [-0.2, -0.15) is 0 Å². The van der Waals surface area contributed by atoms with Gasteiger partial charge in [0.15, 0.2) is 0 Å². The molecule has 0 aromatic heterocycles. The minimum atomic E-state index is -3.83. The molecule has 0 bridgehead atoms. The van der Waals surface area contributed by atoms with Crippen molar-refractivity contribution in [2.24, 2.45) is 0 Å². The van der Waals surface area contributed by atoms with Crippen molar-refractivity contribution in [3.63, 3.8) is 0 Å². The SMILES string of the molecule is OCC(O)C(O)CC(O)(O)C(O)(O)O. The molecule has 0 aliphatic carbocycles. The molecule has 0 aromatic carbocycles. The molecule has 0 rings (SSSR count). The Bertz CT molecular complexity index is 173. The van der Waals surface area contributed by atoms with Crippen molar-refractivity contribution in [2.75, 3.05) is 6.61 Å². The molecule has 0 saturated carbocycles. The van der Waals surface area contributed by atoms with Crippen molar-refractivity contribution < 1.29 is 40.9 Å². The Labute approximate surface area is 78.9 Å². The number of hydrogen-bond donors (Lipinski definition) is 8. The van der Waals surface area contributed by atoms with Gasteiger partial charge in [0.05, 0.1) is 12.7 Å². The second kappa shape index (κ2) is 4.47. The highest BCUT2D eigenvalue weighted by atomic mass is 16.7. The summed E-state index contributed by atoms with van der Waals surface area (Å²) in [5.41, 5.74) is 0. The maximum absolute atomic E-state index is 8.95. The van der Waals surface area contributed by atoms with E-state index in [1.165, 1.54) is 0 Å². The molecule has 0 aromatic rings. The monoisotopic (exact) mass is 214 g/mol. The predicted octanol–water partition coefficient (Wildman–Crippen LogP) is -4.60. The average molecular weight is 214 g/mol. The molecule has 2 unspecified atom stereocenters. The molecule has 8 nitrogen and oxygen atoms in total. The topological polar surface area (TPSA) is 162 Å². The Morgan fingerprint density at radius 1 is 0.857 bits per heavy atom. The summed E-state index contributed by atoms with van der Waals surface area (Å²) >= 11 is 0. The molecule has 0 spiro atoms. The zero-order chi connectivity index (χ0) is 11.6. The van der Waals surface area contributed by atoms with Gasteiger partial charge in [-0.15, -0.1) is 0 Å². The first kappa shape index (κ1) is 13.7. The van der Waals surface area contributed by atoms with E-state index in [-0.39, 0.29) is 0 Å². The molecule has 86 valence electrons. The van der Waals surface area contributed by atoms with Crippen LogP contribution in [0.15, 0.2) is 0 Å². The van der Waals surface area contributed by atoms with Crippen LogP contribution < -0.4 is 0 Å². The number of hydrogen-bond acceptors (Lipinski definition) is 8. The van der Waals surface area contributed by atoms with Crippen LogP contribution in [0.2, 0.25) is 0 Å². The maximum atomic E-state index is 8.95. The van der Waals surface area contributed by atoms with Crippen LogP contribution in [0, 0.1) is 0 Å². The first-order valence-electron chi connectivity index (χ1n) is 3.70. The van der Waals surface area contributed by atoms with Crippen LogP contribution >= 0.6 is 0 Å². The van der Waals surface area contributed by atoms with Crippen LogP contribution in [-0.4, -0.2) is 71.4 Å². The van der Waals surface area contributed by atoms with Gasteiger partial charge in [-0.1, -0.05) is 0 Å². The van der Waals surface area contributed by atoms with Crippen LogP contribution in [-0.2, 0) is 0 Å². The summed E-state index contributed by atoms with van der Waals surface area (Å²) in [4.78, 5) is 0. The summed E-state index contributed by atoms with van der Waals surface area (Å²) in [5, 5.41) is 68.9. The van der Waals surface area contributed by atoms with Crippen LogP contribution in [0.4, 0.5) is 0 Å². The van der Waals surface area contributed by atoms with Gasteiger partial charge in [-0.3, -0.25) is 0 Å². The van der Waals surface area contributed by atoms with E-state index in [9.17, 15) is 0 Å². The number of aliphatic hydroxyl groups is 8. The van der Waals surface area contributed by atoms with Gasteiger partial charge in [-0.05, 0) is 0 Å². The summed E-state index contributed by atoms with van der Waals surface area (Å²) in [6.07, 6.45) is -4.67. The highest BCUT2D eigenvalue weighted by Crippen LogP contribution is 2.21. The van der Waals surface area contributed by atoms with E-state index in [2.05, 4.69) is 0 Å². The Morgan fingerprint density at radius 2 is 1.29 bits per heavy atom. The van der Waals surface area contributed by atoms with E-state index in [0.717, 1.165) is 0 Å². The van der Waals surface area contributed by atoms with E-state index in [1.54, 1.807) is 0 Å². The van der Waals surface area contributed by atoms with E-state index in [1.807, 2.05) is 0 Å². The summed E-state index contributed by atoms with van der Waals surface area (Å²) in [6.45, 7) is -0.855. The second-order valence-corrected chi connectivity index (χ2v) is 2.97. The van der Waals surface area contributed by atoms with E-state index >= 15 is 0 Å². The molecule has 2 atom stereocenters. The van der Waals surface area contributed by atoms with Crippen molar-refractivity contribution in [1.29, 1.82) is 0 Å². The zero-order valence-corrected chi connectivity index (χ0v) is 7.15. The van der Waals surface area contributed by atoms with E-state index in [0.29, 0.717) is 0 Å². The van der Waals surface area contributed by atoms with Crippen LogP contribution in [0.5, 0.6) is 0 Å². The van der Waals surface area contributed by atoms with Gasteiger partial charge < -0.3 is 40.9 Å². The molecular weight excluding hydrogens is 200 g/mol. The van der Waals surface area contributed by atoms with Crippen LogP contribution in [0.3, 0.4) is 0 Å². The van der Waals surface area contributed by atoms with Crippen molar-refractivity contribution in [1.82, 2.24) is 0 Å². The Kier molecular flexibility index (Phi) is 4.36. The normalized spacial score (nSPS) is 18.0. The largest absolute Gasteiger partial charge is 0.394 e. The zero-order valence-electron chi connectivity index (χ0n) is 7.15. The predicted molar refractivity (Wildman–Crippen MR) is 40.3 cm³/mol. The lowest BCUT2D eigenvalue weighted by molar-refractivity contribution is -0.451. The third kappa shape index (κ3) is 3.44. The molecule has 0 fully saturated rings. The Balaban J connectivity index is 4.36. The quantitative estimate of drug-likeness (QED) is 0.212. The minimum Gasteiger partial charge on any atom is -0.394 e. The van der Waals surface area contributed by atoms with Gasteiger partial charge in [0.2, 0.25) is 5.79 Å². The second-order valence-electron chi connectivity index (χ2n) is 2.97. The van der Waals surface area contributed by atoms with Gasteiger partial charge in [-0.25, -0.2) is 0 Å². The van der Waals surface area contributed by atoms with Crippen molar-refractivity contribution in [2.45, 2.75) is 30.4 Å². The Morgan fingerprint density at radius 3 is 1.57 bits per heavy atom. The molecular formula is C6H14O8. The van der Waals surface area contributed by atoms with E-state index < -0.39 is 37.0 Å². The van der Waals surface area contributed by atoms with Crippen molar-refractivity contribution in [3.8, 4) is 0 Å². The van der Waals surface area contributed by atoms with Crippen molar-refractivity contribution >= 4 is 0 Å². The summed E-state index contributed by atoms with van der Waals surface area (Å²) in [7, 11) is 0. The lowest BCUT2D eigenvalue weighted by atomic mass is 10.0. The molecule has 0 saturated heterocycles. The first-order valence-corrected chi connectivity index (χ1v) is 3.70. The van der Waals surface area contributed by atoms with Crippen molar-refractivity contribution in [3.05, 3.63) is 0 Å². The van der Waals surface area contributed by atoms with Crippen LogP contribution in [0.25, 0.3) is 0 Å². The molecule has 14 heavy (non-hydrogen) atoms. The number of rotatable bonds is 5. The number of aliphatic hydroxyl groups excluding tert-OH is 3. The third-order valence-corrected chi connectivity index (χ3v) is 1.66. The highest BCUT2D eigenvalue weighted by molar-refractivity contribution is 4.79. The molecule has 8 heteroatoms. The van der Waals surface area contributed by atoms with Gasteiger partial charge in [0.25, 0.3) is 0 Å². The summed E-state index contributed by atoms with van der Waals surface area (Å²) in [5.74, 6) is -7.24. The first-order chi connectivity index (χ1) is 6.12.